The fourth-order valence-electron chi connectivity index (χ4n) is 3.23. The van der Waals surface area contributed by atoms with E-state index in [9.17, 15) is 4.79 Å². The first-order valence-electron chi connectivity index (χ1n) is 10.0. The number of methoxy groups -OCH3 is 1. The molecule has 1 aliphatic heterocycles. The average Bonchev–Trinajstić information content (AvgIpc) is 3.14. The van der Waals surface area contributed by atoms with Crippen LogP contribution in [0.2, 0.25) is 0 Å². The van der Waals surface area contributed by atoms with Crippen molar-refractivity contribution in [2.24, 2.45) is 4.99 Å². The zero-order valence-electron chi connectivity index (χ0n) is 17.1. The van der Waals surface area contributed by atoms with E-state index >= 15 is 0 Å². The Hall–Kier alpha value is -3.60. The van der Waals surface area contributed by atoms with Gasteiger partial charge in [0, 0.05) is 5.56 Å². The Kier molecular flexibility index (Phi) is 5.80. The van der Waals surface area contributed by atoms with Gasteiger partial charge in [-0.15, -0.1) is 0 Å². The minimum atomic E-state index is -0.472. The Bertz CT molecular complexity index is 1150. The Morgan fingerprint density at radius 1 is 1.00 bits per heavy atom. The second kappa shape index (κ2) is 8.82. The van der Waals surface area contributed by atoms with Crippen molar-refractivity contribution < 1.29 is 19.0 Å². The molecule has 4 rings (SSSR count). The summed E-state index contributed by atoms with van der Waals surface area (Å²) in [5.74, 6) is 1.14. The van der Waals surface area contributed by atoms with Gasteiger partial charge in [-0.25, -0.2) is 9.79 Å². The van der Waals surface area contributed by atoms with Gasteiger partial charge >= 0.3 is 5.97 Å². The number of esters is 1. The van der Waals surface area contributed by atoms with Gasteiger partial charge in [-0.05, 0) is 53.1 Å². The monoisotopic (exact) mass is 401 g/mol. The molecular formula is C25H23NO4. The van der Waals surface area contributed by atoms with Gasteiger partial charge in [-0.2, -0.15) is 0 Å². The molecule has 0 atom stereocenters. The van der Waals surface area contributed by atoms with Crippen LogP contribution in [0.4, 0.5) is 0 Å². The zero-order valence-corrected chi connectivity index (χ0v) is 17.1. The maximum absolute atomic E-state index is 12.4. The van der Waals surface area contributed by atoms with Gasteiger partial charge in [0.05, 0.1) is 13.7 Å². The van der Waals surface area contributed by atoms with Gasteiger partial charge in [0.1, 0.15) is 0 Å². The van der Waals surface area contributed by atoms with E-state index in [1.54, 1.807) is 13.2 Å². The number of cyclic esters (lactones) is 1. The summed E-state index contributed by atoms with van der Waals surface area (Å²) in [6, 6.07) is 19.4. The molecule has 0 aliphatic carbocycles. The number of unbranched alkanes of at least 4 members (excludes halogenated alkanes) is 1. The molecule has 0 spiro atoms. The minimum absolute atomic E-state index is 0.250. The van der Waals surface area contributed by atoms with Crippen molar-refractivity contribution in [1.29, 1.82) is 0 Å². The first kappa shape index (κ1) is 19.7. The number of aliphatic imine (C=N–C) groups is 1. The van der Waals surface area contributed by atoms with Crippen molar-refractivity contribution in [2.45, 2.75) is 19.8 Å². The number of hydrogen-bond donors (Lipinski definition) is 0. The van der Waals surface area contributed by atoms with Gasteiger partial charge in [-0.3, -0.25) is 0 Å². The molecule has 3 aromatic carbocycles. The molecule has 0 unspecified atom stereocenters. The van der Waals surface area contributed by atoms with E-state index in [-0.39, 0.29) is 5.70 Å². The lowest BCUT2D eigenvalue weighted by Gasteiger charge is -2.10. The average molecular weight is 401 g/mol. The third-order valence-corrected chi connectivity index (χ3v) is 4.86. The molecule has 1 aliphatic rings. The lowest BCUT2D eigenvalue weighted by Crippen LogP contribution is -2.05. The number of rotatable bonds is 7. The summed E-state index contributed by atoms with van der Waals surface area (Å²) in [6.45, 7) is 2.75. The van der Waals surface area contributed by atoms with Crippen LogP contribution >= 0.6 is 0 Å². The minimum Gasteiger partial charge on any atom is -0.493 e. The topological polar surface area (TPSA) is 57.1 Å². The molecule has 0 radical (unpaired) electrons. The summed E-state index contributed by atoms with van der Waals surface area (Å²) >= 11 is 0. The Morgan fingerprint density at radius 2 is 1.83 bits per heavy atom. The number of carbonyl (C=O) groups is 1. The number of nitrogens with zero attached hydrogens (tertiary/aromatic N) is 1. The molecule has 152 valence electrons. The summed E-state index contributed by atoms with van der Waals surface area (Å²) in [7, 11) is 1.60. The highest BCUT2D eigenvalue weighted by Crippen LogP contribution is 2.30. The number of benzene rings is 3. The summed E-state index contributed by atoms with van der Waals surface area (Å²) < 4.78 is 16.6. The van der Waals surface area contributed by atoms with Gasteiger partial charge in [0.2, 0.25) is 5.90 Å². The van der Waals surface area contributed by atoms with E-state index in [1.165, 1.54) is 0 Å². The highest BCUT2D eigenvalue weighted by Gasteiger charge is 2.24. The standard InChI is InChI=1S/C25H23NO4/c1-3-4-13-29-22-12-9-17(15-23(22)28-2)14-21-25(27)30-24(26-21)20-11-10-18-7-5-6-8-19(18)16-20/h5-12,14-16H,3-4,13H2,1-2H3/b21-14-. The molecule has 0 fully saturated rings. The Morgan fingerprint density at radius 3 is 2.63 bits per heavy atom. The van der Waals surface area contributed by atoms with Gasteiger partial charge in [0.15, 0.2) is 17.2 Å². The van der Waals surface area contributed by atoms with Crippen LogP contribution in [0.25, 0.3) is 16.8 Å². The van der Waals surface area contributed by atoms with Crippen LogP contribution in [0.3, 0.4) is 0 Å². The Balaban J connectivity index is 1.60. The highest BCUT2D eigenvalue weighted by atomic mass is 16.6. The zero-order chi connectivity index (χ0) is 20.9. The molecule has 0 saturated carbocycles. The fourth-order valence-corrected chi connectivity index (χ4v) is 3.23. The van der Waals surface area contributed by atoms with Crippen LogP contribution in [-0.2, 0) is 9.53 Å². The predicted octanol–water partition coefficient (Wildman–Crippen LogP) is 5.37. The van der Waals surface area contributed by atoms with E-state index < -0.39 is 5.97 Å². The van der Waals surface area contributed by atoms with Gasteiger partial charge in [0.25, 0.3) is 0 Å². The molecule has 5 heteroatoms. The molecule has 30 heavy (non-hydrogen) atoms. The molecule has 0 saturated heterocycles. The van der Waals surface area contributed by atoms with Crippen LogP contribution in [-0.4, -0.2) is 25.6 Å². The molecule has 3 aromatic rings. The molecule has 1 heterocycles. The number of fused-ring (bicyclic) bond motifs is 1. The van der Waals surface area contributed by atoms with Crippen molar-refractivity contribution in [3.63, 3.8) is 0 Å². The van der Waals surface area contributed by atoms with Crippen molar-refractivity contribution in [3.05, 3.63) is 77.5 Å². The maximum Gasteiger partial charge on any atom is 0.363 e. The largest absolute Gasteiger partial charge is 0.493 e. The smallest absolute Gasteiger partial charge is 0.363 e. The predicted molar refractivity (Wildman–Crippen MR) is 118 cm³/mol. The van der Waals surface area contributed by atoms with Crippen LogP contribution in [0.1, 0.15) is 30.9 Å². The maximum atomic E-state index is 12.4. The van der Waals surface area contributed by atoms with Crippen LogP contribution < -0.4 is 9.47 Å². The SMILES string of the molecule is CCCCOc1ccc(/C=C2\N=C(c3ccc4ccccc4c3)OC2=O)cc1OC. The normalized spacial score (nSPS) is 14.7. The lowest BCUT2D eigenvalue weighted by molar-refractivity contribution is -0.129. The number of carbonyl (C=O) groups excluding carboxylic acids is 1. The van der Waals surface area contributed by atoms with Crippen LogP contribution in [0.5, 0.6) is 11.5 Å². The first-order valence-corrected chi connectivity index (χ1v) is 10.0. The van der Waals surface area contributed by atoms with Crippen LogP contribution in [0, 0.1) is 0 Å². The van der Waals surface area contributed by atoms with Crippen LogP contribution in [0.15, 0.2) is 71.4 Å². The second-order valence-corrected chi connectivity index (χ2v) is 7.01. The fraction of sp³-hybridized carbons (Fsp3) is 0.200. The first-order chi connectivity index (χ1) is 14.7. The van der Waals surface area contributed by atoms with E-state index in [2.05, 4.69) is 11.9 Å². The molecule has 0 aromatic heterocycles. The van der Waals surface area contributed by atoms with E-state index in [4.69, 9.17) is 14.2 Å². The number of hydrogen-bond acceptors (Lipinski definition) is 5. The van der Waals surface area contributed by atoms with E-state index in [1.807, 2.05) is 60.7 Å². The summed E-state index contributed by atoms with van der Waals surface area (Å²) in [5, 5.41) is 2.19. The molecule has 0 N–H and O–H groups in total. The lowest BCUT2D eigenvalue weighted by atomic mass is 10.1. The van der Waals surface area contributed by atoms with Gasteiger partial charge in [-0.1, -0.05) is 49.7 Å². The number of ether oxygens (including phenoxy) is 3. The third kappa shape index (κ3) is 4.20. The van der Waals surface area contributed by atoms with Crippen molar-refractivity contribution in [3.8, 4) is 11.5 Å². The van der Waals surface area contributed by atoms with E-state index in [0.717, 1.165) is 34.7 Å². The summed E-state index contributed by atoms with van der Waals surface area (Å²) in [5.41, 5.74) is 1.80. The van der Waals surface area contributed by atoms with Crippen molar-refractivity contribution >= 4 is 28.7 Å². The highest BCUT2D eigenvalue weighted by molar-refractivity contribution is 6.13. The summed E-state index contributed by atoms with van der Waals surface area (Å²) in [6.07, 6.45) is 3.73. The Labute approximate surface area is 175 Å². The second-order valence-electron chi connectivity index (χ2n) is 7.01. The van der Waals surface area contributed by atoms with Gasteiger partial charge < -0.3 is 14.2 Å². The molecule has 0 amide bonds. The molecular weight excluding hydrogens is 378 g/mol. The van der Waals surface area contributed by atoms with Crippen molar-refractivity contribution in [2.75, 3.05) is 13.7 Å². The van der Waals surface area contributed by atoms with E-state index in [0.29, 0.717) is 24.0 Å². The third-order valence-electron chi connectivity index (χ3n) is 4.86. The molecule has 5 nitrogen and oxygen atoms in total. The summed E-state index contributed by atoms with van der Waals surface area (Å²) in [4.78, 5) is 16.8. The molecule has 0 bridgehead atoms. The quantitative estimate of drug-likeness (QED) is 0.303. The van der Waals surface area contributed by atoms with Crippen molar-refractivity contribution in [1.82, 2.24) is 0 Å².